The summed E-state index contributed by atoms with van der Waals surface area (Å²) in [4.78, 5) is 12.3. The third kappa shape index (κ3) is 4.23. The Bertz CT molecular complexity index is 668. The van der Waals surface area contributed by atoms with E-state index >= 15 is 0 Å². The molecule has 0 saturated carbocycles. The van der Waals surface area contributed by atoms with E-state index in [2.05, 4.69) is 5.32 Å². The highest BCUT2D eigenvalue weighted by molar-refractivity contribution is 5.95. The van der Waals surface area contributed by atoms with Crippen LogP contribution in [0, 0.1) is 6.92 Å². The first-order valence-electron chi connectivity index (χ1n) is 7.49. The van der Waals surface area contributed by atoms with E-state index in [9.17, 15) is 4.79 Å². The molecule has 122 valence electrons. The van der Waals surface area contributed by atoms with E-state index in [-0.39, 0.29) is 5.91 Å². The minimum absolute atomic E-state index is 0.276. The Kier molecular flexibility index (Phi) is 5.60. The molecule has 2 rings (SSSR count). The second kappa shape index (κ2) is 7.65. The van der Waals surface area contributed by atoms with Crippen LogP contribution in [-0.4, -0.2) is 19.6 Å². The highest BCUT2D eigenvalue weighted by atomic mass is 16.5. The number of anilines is 1. The van der Waals surface area contributed by atoms with Gasteiger partial charge in [-0.3, -0.25) is 4.79 Å². The van der Waals surface area contributed by atoms with E-state index in [1.807, 2.05) is 38.1 Å². The maximum Gasteiger partial charge on any atom is 0.245 e. The van der Waals surface area contributed by atoms with Crippen molar-refractivity contribution in [2.24, 2.45) is 5.73 Å². The fraction of sp³-hybridized carbons (Fsp3) is 0.278. The van der Waals surface area contributed by atoms with Crippen LogP contribution in [0.3, 0.4) is 0 Å². The summed E-state index contributed by atoms with van der Waals surface area (Å²) in [6.45, 7) is 4.39. The molecule has 0 fully saturated rings. The molecule has 1 amide bonds. The van der Waals surface area contributed by atoms with Crippen LogP contribution in [0.4, 0.5) is 5.69 Å². The van der Waals surface area contributed by atoms with E-state index in [0.29, 0.717) is 23.8 Å². The summed E-state index contributed by atoms with van der Waals surface area (Å²) in [5, 5.41) is 2.81. The summed E-state index contributed by atoms with van der Waals surface area (Å²) < 4.78 is 10.7. The van der Waals surface area contributed by atoms with Gasteiger partial charge >= 0.3 is 0 Å². The highest BCUT2D eigenvalue weighted by Gasteiger charge is 2.16. The van der Waals surface area contributed by atoms with Crippen molar-refractivity contribution in [1.29, 1.82) is 0 Å². The molecule has 0 aliphatic rings. The quantitative estimate of drug-likeness (QED) is 0.859. The highest BCUT2D eigenvalue weighted by Crippen LogP contribution is 2.30. The normalized spacial score (nSPS) is 11.7. The lowest BCUT2D eigenvalue weighted by atomic mass is 10.1. The predicted molar refractivity (Wildman–Crippen MR) is 90.9 cm³/mol. The number of hydrogen-bond acceptors (Lipinski definition) is 4. The lowest BCUT2D eigenvalue weighted by Crippen LogP contribution is -2.27. The number of hydrogen-bond donors (Lipinski definition) is 2. The van der Waals surface area contributed by atoms with Gasteiger partial charge in [-0.2, -0.15) is 0 Å². The molecule has 2 aromatic rings. The van der Waals surface area contributed by atoms with Gasteiger partial charge in [0.1, 0.15) is 6.04 Å². The van der Waals surface area contributed by atoms with E-state index in [1.165, 1.54) is 0 Å². The van der Waals surface area contributed by atoms with E-state index in [1.54, 1.807) is 25.3 Å². The fourth-order valence-corrected chi connectivity index (χ4v) is 2.17. The molecular formula is C18H22N2O3. The van der Waals surface area contributed by atoms with Crippen LogP contribution in [-0.2, 0) is 4.79 Å². The monoisotopic (exact) mass is 314 g/mol. The van der Waals surface area contributed by atoms with Gasteiger partial charge < -0.3 is 20.5 Å². The zero-order valence-corrected chi connectivity index (χ0v) is 13.6. The van der Waals surface area contributed by atoms with Gasteiger partial charge in [-0.05, 0) is 31.5 Å². The smallest absolute Gasteiger partial charge is 0.245 e. The van der Waals surface area contributed by atoms with Gasteiger partial charge in [-0.1, -0.05) is 29.8 Å². The number of benzene rings is 2. The lowest BCUT2D eigenvalue weighted by Gasteiger charge is -2.15. The SMILES string of the molecule is CCOc1cc(NC(=O)C(N)c2ccc(C)cc2)ccc1OC. The van der Waals surface area contributed by atoms with Crippen molar-refractivity contribution in [3.63, 3.8) is 0 Å². The first-order chi connectivity index (χ1) is 11.0. The molecule has 0 saturated heterocycles. The molecule has 0 bridgehead atoms. The molecular weight excluding hydrogens is 292 g/mol. The van der Waals surface area contributed by atoms with Crippen molar-refractivity contribution in [2.75, 3.05) is 19.0 Å². The maximum absolute atomic E-state index is 12.3. The first kappa shape index (κ1) is 16.8. The van der Waals surface area contributed by atoms with E-state index in [4.69, 9.17) is 15.2 Å². The van der Waals surface area contributed by atoms with Gasteiger partial charge in [-0.15, -0.1) is 0 Å². The number of ether oxygens (including phenoxy) is 2. The zero-order chi connectivity index (χ0) is 16.8. The van der Waals surface area contributed by atoms with Gasteiger partial charge in [0.2, 0.25) is 5.91 Å². The molecule has 1 atom stereocenters. The van der Waals surface area contributed by atoms with E-state index < -0.39 is 6.04 Å². The number of carbonyl (C=O) groups excluding carboxylic acids is 1. The van der Waals surface area contributed by atoms with Crippen LogP contribution in [0.1, 0.15) is 24.1 Å². The molecule has 0 spiro atoms. The largest absolute Gasteiger partial charge is 0.493 e. The Morgan fingerprint density at radius 1 is 1.17 bits per heavy atom. The van der Waals surface area contributed by atoms with Crippen LogP contribution in [0.2, 0.25) is 0 Å². The maximum atomic E-state index is 12.3. The Morgan fingerprint density at radius 2 is 1.87 bits per heavy atom. The van der Waals surface area contributed by atoms with Crippen LogP contribution in [0.15, 0.2) is 42.5 Å². The number of nitrogens with two attached hydrogens (primary N) is 1. The van der Waals surface area contributed by atoms with Crippen molar-refractivity contribution in [2.45, 2.75) is 19.9 Å². The van der Waals surface area contributed by atoms with Crippen molar-refractivity contribution < 1.29 is 14.3 Å². The minimum Gasteiger partial charge on any atom is -0.493 e. The van der Waals surface area contributed by atoms with Gasteiger partial charge in [0.05, 0.1) is 13.7 Å². The van der Waals surface area contributed by atoms with Gasteiger partial charge in [0.15, 0.2) is 11.5 Å². The van der Waals surface area contributed by atoms with Gasteiger partial charge in [0, 0.05) is 11.8 Å². The summed E-state index contributed by atoms with van der Waals surface area (Å²) in [5.41, 5.74) is 8.53. The Balaban J connectivity index is 2.13. The summed E-state index contributed by atoms with van der Waals surface area (Å²) in [6.07, 6.45) is 0. The van der Waals surface area contributed by atoms with Crippen molar-refractivity contribution >= 4 is 11.6 Å². The number of methoxy groups -OCH3 is 1. The topological polar surface area (TPSA) is 73.6 Å². The number of carbonyl (C=O) groups is 1. The molecule has 0 heterocycles. The second-order valence-electron chi connectivity index (χ2n) is 5.18. The molecule has 23 heavy (non-hydrogen) atoms. The first-order valence-corrected chi connectivity index (χ1v) is 7.49. The average Bonchev–Trinajstić information content (AvgIpc) is 2.55. The lowest BCUT2D eigenvalue weighted by molar-refractivity contribution is -0.117. The molecule has 0 aliphatic heterocycles. The average molecular weight is 314 g/mol. The van der Waals surface area contributed by atoms with Crippen molar-refractivity contribution in [3.05, 3.63) is 53.6 Å². The summed E-state index contributed by atoms with van der Waals surface area (Å²) in [5.74, 6) is 0.922. The number of nitrogens with one attached hydrogen (secondary N) is 1. The fourth-order valence-electron chi connectivity index (χ4n) is 2.17. The Hall–Kier alpha value is -2.53. The number of amides is 1. The molecule has 5 heteroatoms. The molecule has 0 aromatic heterocycles. The van der Waals surface area contributed by atoms with Gasteiger partial charge in [0.25, 0.3) is 0 Å². The van der Waals surface area contributed by atoms with Crippen molar-refractivity contribution in [1.82, 2.24) is 0 Å². The van der Waals surface area contributed by atoms with Crippen LogP contribution >= 0.6 is 0 Å². The molecule has 0 aliphatic carbocycles. The zero-order valence-electron chi connectivity index (χ0n) is 13.6. The predicted octanol–water partition coefficient (Wildman–Crippen LogP) is 3.04. The molecule has 1 unspecified atom stereocenters. The molecule has 2 aromatic carbocycles. The summed E-state index contributed by atoms with van der Waals surface area (Å²) in [7, 11) is 1.57. The number of rotatable bonds is 6. The van der Waals surface area contributed by atoms with Gasteiger partial charge in [-0.25, -0.2) is 0 Å². The van der Waals surface area contributed by atoms with Crippen LogP contribution in [0.25, 0.3) is 0 Å². The Labute approximate surface area is 136 Å². The van der Waals surface area contributed by atoms with Crippen LogP contribution in [0.5, 0.6) is 11.5 Å². The third-order valence-corrected chi connectivity index (χ3v) is 3.45. The molecule has 0 radical (unpaired) electrons. The second-order valence-corrected chi connectivity index (χ2v) is 5.18. The van der Waals surface area contributed by atoms with Crippen molar-refractivity contribution in [3.8, 4) is 11.5 Å². The van der Waals surface area contributed by atoms with Crippen LogP contribution < -0.4 is 20.5 Å². The third-order valence-electron chi connectivity index (χ3n) is 3.45. The number of aryl methyl sites for hydroxylation is 1. The minimum atomic E-state index is -0.728. The molecule has 3 N–H and O–H groups in total. The Morgan fingerprint density at radius 3 is 2.48 bits per heavy atom. The summed E-state index contributed by atoms with van der Waals surface area (Å²) in [6, 6.07) is 12.1. The standard InChI is InChI=1S/C18H22N2O3/c1-4-23-16-11-14(9-10-15(16)22-3)20-18(21)17(19)13-7-5-12(2)6-8-13/h5-11,17H,4,19H2,1-3H3,(H,20,21). The molecule has 5 nitrogen and oxygen atoms in total. The van der Waals surface area contributed by atoms with E-state index in [0.717, 1.165) is 11.1 Å². The summed E-state index contributed by atoms with van der Waals surface area (Å²) >= 11 is 0.